The molecule has 1 unspecified atom stereocenters. The SMILES string of the molecule is CCC(CO)NC(=O)c1cncc(-c2ccc(N(C)C)cc2)c1. The Morgan fingerprint density at radius 1 is 1.22 bits per heavy atom. The van der Waals surface area contributed by atoms with Crippen molar-refractivity contribution in [2.24, 2.45) is 0 Å². The number of carbonyl (C=O) groups is 1. The van der Waals surface area contributed by atoms with Crippen molar-refractivity contribution in [1.29, 1.82) is 0 Å². The van der Waals surface area contributed by atoms with Crippen LogP contribution in [0, 0.1) is 0 Å². The van der Waals surface area contributed by atoms with Crippen molar-refractivity contribution in [3.63, 3.8) is 0 Å². The molecular formula is C18H23N3O2. The number of nitrogens with one attached hydrogen (secondary N) is 1. The Morgan fingerprint density at radius 3 is 2.48 bits per heavy atom. The van der Waals surface area contributed by atoms with E-state index in [4.69, 9.17) is 0 Å². The van der Waals surface area contributed by atoms with Gasteiger partial charge in [-0.1, -0.05) is 19.1 Å². The van der Waals surface area contributed by atoms with Gasteiger partial charge in [0.1, 0.15) is 0 Å². The fraction of sp³-hybridized carbons (Fsp3) is 0.333. The Labute approximate surface area is 137 Å². The van der Waals surface area contributed by atoms with Crippen LogP contribution in [-0.2, 0) is 0 Å². The summed E-state index contributed by atoms with van der Waals surface area (Å²) in [6, 6.07) is 9.66. The molecule has 0 saturated carbocycles. The zero-order valence-electron chi connectivity index (χ0n) is 13.8. The van der Waals surface area contributed by atoms with Crippen molar-refractivity contribution in [2.45, 2.75) is 19.4 Å². The summed E-state index contributed by atoms with van der Waals surface area (Å²) in [5.41, 5.74) is 3.50. The highest BCUT2D eigenvalue weighted by atomic mass is 16.3. The second-order valence-electron chi connectivity index (χ2n) is 5.66. The monoisotopic (exact) mass is 313 g/mol. The van der Waals surface area contributed by atoms with E-state index >= 15 is 0 Å². The molecule has 0 aliphatic carbocycles. The first-order valence-electron chi connectivity index (χ1n) is 7.69. The van der Waals surface area contributed by atoms with E-state index in [0.29, 0.717) is 12.0 Å². The van der Waals surface area contributed by atoms with Crippen LogP contribution in [0.4, 0.5) is 5.69 Å². The molecule has 5 heteroatoms. The van der Waals surface area contributed by atoms with Crippen LogP contribution in [0.5, 0.6) is 0 Å². The zero-order chi connectivity index (χ0) is 16.8. The highest BCUT2D eigenvalue weighted by Crippen LogP contribution is 2.22. The summed E-state index contributed by atoms with van der Waals surface area (Å²) in [4.78, 5) is 18.4. The van der Waals surface area contributed by atoms with Gasteiger partial charge < -0.3 is 15.3 Å². The van der Waals surface area contributed by atoms with Gasteiger partial charge >= 0.3 is 0 Å². The number of hydrogen-bond acceptors (Lipinski definition) is 4. The molecular weight excluding hydrogens is 290 g/mol. The maximum atomic E-state index is 12.2. The van der Waals surface area contributed by atoms with Gasteiger partial charge in [0, 0.05) is 37.7 Å². The molecule has 1 aromatic carbocycles. The van der Waals surface area contributed by atoms with Crippen molar-refractivity contribution < 1.29 is 9.90 Å². The van der Waals surface area contributed by atoms with Crippen LogP contribution in [0.25, 0.3) is 11.1 Å². The molecule has 2 aromatic rings. The van der Waals surface area contributed by atoms with Crippen molar-refractivity contribution in [3.05, 3.63) is 48.3 Å². The summed E-state index contributed by atoms with van der Waals surface area (Å²) in [6.45, 7) is 1.85. The van der Waals surface area contributed by atoms with E-state index in [1.165, 1.54) is 6.20 Å². The zero-order valence-corrected chi connectivity index (χ0v) is 13.8. The standard InChI is InChI=1S/C18H23N3O2/c1-4-16(12-22)20-18(23)15-9-14(10-19-11-15)13-5-7-17(8-6-13)21(2)3/h5-11,16,22H,4,12H2,1-3H3,(H,20,23). The summed E-state index contributed by atoms with van der Waals surface area (Å²) in [5.74, 6) is -0.217. The van der Waals surface area contributed by atoms with Crippen molar-refractivity contribution in [3.8, 4) is 11.1 Å². The highest BCUT2D eigenvalue weighted by molar-refractivity contribution is 5.95. The first-order chi connectivity index (χ1) is 11.0. The maximum Gasteiger partial charge on any atom is 0.253 e. The van der Waals surface area contributed by atoms with E-state index in [2.05, 4.69) is 10.3 Å². The van der Waals surface area contributed by atoms with Crippen molar-refractivity contribution in [1.82, 2.24) is 10.3 Å². The van der Waals surface area contributed by atoms with Crippen LogP contribution in [0.15, 0.2) is 42.7 Å². The van der Waals surface area contributed by atoms with Crippen LogP contribution < -0.4 is 10.2 Å². The number of aromatic nitrogens is 1. The molecule has 0 radical (unpaired) electrons. The van der Waals surface area contributed by atoms with E-state index in [0.717, 1.165) is 16.8 Å². The van der Waals surface area contributed by atoms with Gasteiger partial charge in [0.2, 0.25) is 0 Å². The van der Waals surface area contributed by atoms with Crippen LogP contribution in [-0.4, -0.2) is 42.7 Å². The second kappa shape index (κ2) is 7.74. The number of hydrogen-bond donors (Lipinski definition) is 2. The molecule has 0 saturated heterocycles. The number of aliphatic hydroxyl groups is 1. The lowest BCUT2D eigenvalue weighted by molar-refractivity contribution is 0.0914. The number of rotatable bonds is 6. The predicted molar refractivity (Wildman–Crippen MR) is 92.6 cm³/mol. The van der Waals surface area contributed by atoms with E-state index in [1.54, 1.807) is 6.20 Å². The number of nitrogens with zero attached hydrogens (tertiary/aromatic N) is 2. The summed E-state index contributed by atoms with van der Waals surface area (Å²) >= 11 is 0. The number of pyridine rings is 1. The van der Waals surface area contributed by atoms with Gasteiger partial charge in [-0.25, -0.2) is 0 Å². The second-order valence-corrected chi connectivity index (χ2v) is 5.66. The third-order valence-corrected chi connectivity index (χ3v) is 3.77. The molecule has 2 rings (SSSR count). The number of amides is 1. The minimum Gasteiger partial charge on any atom is -0.394 e. The van der Waals surface area contributed by atoms with Gasteiger partial charge in [-0.15, -0.1) is 0 Å². The first-order valence-corrected chi connectivity index (χ1v) is 7.69. The average Bonchev–Trinajstić information content (AvgIpc) is 2.59. The number of benzene rings is 1. The Balaban J connectivity index is 2.20. The number of aliphatic hydroxyl groups excluding tert-OH is 1. The molecule has 1 atom stereocenters. The number of anilines is 1. The Kier molecular flexibility index (Phi) is 5.71. The first kappa shape index (κ1) is 17.0. The minimum absolute atomic E-state index is 0.0681. The third kappa shape index (κ3) is 4.29. The lowest BCUT2D eigenvalue weighted by atomic mass is 10.0. The van der Waals surface area contributed by atoms with E-state index in [-0.39, 0.29) is 18.6 Å². The molecule has 0 bridgehead atoms. The van der Waals surface area contributed by atoms with E-state index in [9.17, 15) is 9.90 Å². The maximum absolute atomic E-state index is 12.2. The van der Waals surface area contributed by atoms with Crippen LogP contribution in [0.3, 0.4) is 0 Å². The molecule has 122 valence electrons. The smallest absolute Gasteiger partial charge is 0.253 e. The van der Waals surface area contributed by atoms with E-state index < -0.39 is 0 Å². The van der Waals surface area contributed by atoms with Gasteiger partial charge in [0.25, 0.3) is 5.91 Å². The Hall–Kier alpha value is -2.40. The lowest BCUT2D eigenvalue weighted by Gasteiger charge is -2.14. The minimum atomic E-state index is -0.231. The average molecular weight is 313 g/mol. The highest BCUT2D eigenvalue weighted by Gasteiger charge is 2.12. The molecule has 2 N–H and O–H groups in total. The van der Waals surface area contributed by atoms with Crippen molar-refractivity contribution in [2.75, 3.05) is 25.6 Å². The van der Waals surface area contributed by atoms with Crippen molar-refractivity contribution >= 4 is 11.6 Å². The van der Waals surface area contributed by atoms with Gasteiger partial charge in [0.15, 0.2) is 0 Å². The molecule has 23 heavy (non-hydrogen) atoms. The van der Waals surface area contributed by atoms with Crippen LogP contribution >= 0.6 is 0 Å². The summed E-state index contributed by atoms with van der Waals surface area (Å²) < 4.78 is 0. The van der Waals surface area contributed by atoms with Gasteiger partial charge in [-0.3, -0.25) is 9.78 Å². The molecule has 0 fully saturated rings. The Bertz CT molecular complexity index is 650. The molecule has 0 spiro atoms. The van der Waals surface area contributed by atoms with Gasteiger partial charge in [0.05, 0.1) is 18.2 Å². The molecule has 1 amide bonds. The third-order valence-electron chi connectivity index (χ3n) is 3.77. The normalized spacial score (nSPS) is 11.8. The lowest BCUT2D eigenvalue weighted by Crippen LogP contribution is -2.36. The van der Waals surface area contributed by atoms with Crippen LogP contribution in [0.1, 0.15) is 23.7 Å². The molecule has 1 aromatic heterocycles. The fourth-order valence-electron chi connectivity index (χ4n) is 2.22. The summed E-state index contributed by atoms with van der Waals surface area (Å²) in [6.07, 6.45) is 3.96. The topological polar surface area (TPSA) is 65.5 Å². The fourth-order valence-corrected chi connectivity index (χ4v) is 2.22. The Morgan fingerprint density at radius 2 is 1.91 bits per heavy atom. The van der Waals surface area contributed by atoms with Gasteiger partial charge in [-0.2, -0.15) is 0 Å². The van der Waals surface area contributed by atoms with Crippen LogP contribution in [0.2, 0.25) is 0 Å². The predicted octanol–water partition coefficient (Wildman–Crippen LogP) is 2.32. The molecule has 5 nitrogen and oxygen atoms in total. The summed E-state index contributed by atoms with van der Waals surface area (Å²) in [7, 11) is 3.99. The number of carbonyl (C=O) groups excluding carboxylic acids is 1. The summed E-state index contributed by atoms with van der Waals surface area (Å²) in [5, 5.41) is 12.0. The largest absolute Gasteiger partial charge is 0.394 e. The molecule has 0 aliphatic rings. The van der Waals surface area contributed by atoms with E-state index in [1.807, 2.05) is 56.3 Å². The molecule has 1 heterocycles. The van der Waals surface area contributed by atoms with Gasteiger partial charge in [-0.05, 0) is 30.2 Å². The molecule has 0 aliphatic heterocycles. The quantitative estimate of drug-likeness (QED) is 0.859.